The van der Waals surface area contributed by atoms with Crippen LogP contribution in [0.5, 0.6) is 0 Å². The highest BCUT2D eigenvalue weighted by Crippen LogP contribution is 2.22. The molecule has 2 aromatic heterocycles. The molecule has 0 aliphatic carbocycles. The van der Waals surface area contributed by atoms with Crippen molar-refractivity contribution in [1.82, 2.24) is 14.3 Å². The van der Waals surface area contributed by atoms with Crippen molar-refractivity contribution in [3.05, 3.63) is 40.5 Å². The maximum Gasteiger partial charge on any atom is 0.326 e. The van der Waals surface area contributed by atoms with Crippen LogP contribution >= 0.6 is 11.3 Å². The summed E-state index contributed by atoms with van der Waals surface area (Å²) in [7, 11) is -3.41. The van der Waals surface area contributed by atoms with Gasteiger partial charge >= 0.3 is 5.97 Å². The minimum atomic E-state index is -3.41. The van der Waals surface area contributed by atoms with Gasteiger partial charge in [-0.05, 0) is 45.0 Å². The standard InChI is InChI=1S/C19H22N4O5S2/c1-5-23-12(3)9-14(21-23)18(25)20-19-22(11-17(24)28-6-2)15-8-7-13(30(4,26)27)10-16(15)29-19/h7-10H,5-6,11H2,1-4H3. The Labute approximate surface area is 177 Å². The van der Waals surface area contributed by atoms with Crippen LogP contribution in [-0.2, 0) is 32.5 Å². The smallest absolute Gasteiger partial charge is 0.326 e. The summed E-state index contributed by atoms with van der Waals surface area (Å²) < 4.78 is 32.6. The third-order valence-electron chi connectivity index (χ3n) is 4.37. The molecule has 0 bridgehead atoms. The van der Waals surface area contributed by atoms with E-state index in [9.17, 15) is 18.0 Å². The molecule has 0 saturated heterocycles. The molecule has 0 spiro atoms. The molecule has 0 unspecified atom stereocenters. The summed E-state index contributed by atoms with van der Waals surface area (Å²) in [6, 6.07) is 6.22. The van der Waals surface area contributed by atoms with Gasteiger partial charge in [0.1, 0.15) is 6.54 Å². The number of aromatic nitrogens is 3. The summed E-state index contributed by atoms with van der Waals surface area (Å²) in [6.45, 7) is 6.16. The summed E-state index contributed by atoms with van der Waals surface area (Å²) in [5.74, 6) is -1.03. The molecule has 3 aromatic rings. The Balaban J connectivity index is 2.15. The monoisotopic (exact) mass is 450 g/mol. The highest BCUT2D eigenvalue weighted by molar-refractivity contribution is 7.90. The number of carbonyl (C=O) groups is 2. The van der Waals surface area contributed by atoms with Gasteiger partial charge in [-0.3, -0.25) is 14.3 Å². The summed E-state index contributed by atoms with van der Waals surface area (Å²) in [5, 5.41) is 4.24. The zero-order valence-corrected chi connectivity index (χ0v) is 18.7. The van der Waals surface area contributed by atoms with Crippen molar-refractivity contribution in [3.63, 3.8) is 0 Å². The fourth-order valence-electron chi connectivity index (χ4n) is 2.94. The number of fused-ring (bicyclic) bond motifs is 1. The van der Waals surface area contributed by atoms with Crippen LogP contribution in [0.25, 0.3) is 10.2 Å². The molecule has 0 aliphatic heterocycles. The van der Waals surface area contributed by atoms with Gasteiger partial charge in [0.05, 0.1) is 21.7 Å². The van der Waals surface area contributed by atoms with Gasteiger partial charge < -0.3 is 9.30 Å². The molecule has 9 nitrogen and oxygen atoms in total. The number of sulfone groups is 1. The second kappa shape index (κ2) is 8.52. The SMILES string of the molecule is CCOC(=O)Cn1c(=NC(=O)c2cc(C)n(CC)n2)sc2cc(S(C)(=O)=O)ccc21. The van der Waals surface area contributed by atoms with E-state index in [0.717, 1.165) is 23.3 Å². The third kappa shape index (κ3) is 4.51. The van der Waals surface area contributed by atoms with Crippen LogP contribution in [0, 0.1) is 6.92 Å². The molecule has 1 aromatic carbocycles. The number of amides is 1. The van der Waals surface area contributed by atoms with Gasteiger partial charge in [0.15, 0.2) is 20.3 Å². The van der Waals surface area contributed by atoms with Crippen LogP contribution in [0.2, 0.25) is 0 Å². The topological polar surface area (TPSA) is 113 Å². The van der Waals surface area contributed by atoms with Crippen molar-refractivity contribution in [2.24, 2.45) is 4.99 Å². The van der Waals surface area contributed by atoms with E-state index >= 15 is 0 Å². The Kier molecular flexibility index (Phi) is 6.22. The molecule has 2 heterocycles. The first-order chi connectivity index (χ1) is 14.1. The fourth-order valence-corrected chi connectivity index (χ4v) is 4.73. The Morgan fingerprint density at radius 3 is 2.57 bits per heavy atom. The zero-order chi connectivity index (χ0) is 22.1. The average molecular weight is 451 g/mol. The number of benzene rings is 1. The zero-order valence-electron chi connectivity index (χ0n) is 17.1. The molecule has 3 rings (SSSR count). The number of esters is 1. The molecule has 0 saturated carbocycles. The van der Waals surface area contributed by atoms with Crippen LogP contribution in [0.1, 0.15) is 30.0 Å². The minimum absolute atomic E-state index is 0.148. The number of hydrogen-bond donors (Lipinski definition) is 0. The van der Waals surface area contributed by atoms with Crippen molar-refractivity contribution in [2.45, 2.75) is 38.8 Å². The molecular weight excluding hydrogens is 428 g/mol. The van der Waals surface area contributed by atoms with Gasteiger partial charge in [-0.15, -0.1) is 0 Å². The molecule has 0 N–H and O–H groups in total. The Bertz CT molecular complexity index is 1300. The first-order valence-electron chi connectivity index (χ1n) is 9.26. The van der Waals surface area contributed by atoms with E-state index in [1.807, 2.05) is 13.8 Å². The molecule has 0 aliphatic rings. The second-order valence-electron chi connectivity index (χ2n) is 6.58. The molecule has 30 heavy (non-hydrogen) atoms. The fraction of sp³-hybridized carbons (Fsp3) is 0.368. The summed E-state index contributed by atoms with van der Waals surface area (Å²) >= 11 is 1.12. The molecule has 0 fully saturated rings. The number of carbonyl (C=O) groups excluding carboxylic acids is 2. The van der Waals surface area contributed by atoms with E-state index in [-0.39, 0.29) is 28.5 Å². The maximum atomic E-state index is 12.7. The van der Waals surface area contributed by atoms with Crippen LogP contribution in [0.3, 0.4) is 0 Å². The van der Waals surface area contributed by atoms with Gasteiger partial charge in [-0.1, -0.05) is 11.3 Å². The van der Waals surface area contributed by atoms with E-state index in [4.69, 9.17) is 4.74 Å². The number of thiazole rings is 1. The van der Waals surface area contributed by atoms with Gasteiger partial charge in [-0.25, -0.2) is 8.42 Å². The predicted octanol–water partition coefficient (Wildman–Crippen LogP) is 1.94. The van der Waals surface area contributed by atoms with Crippen LogP contribution in [-0.4, -0.2) is 47.5 Å². The molecule has 11 heteroatoms. The average Bonchev–Trinajstić information content (AvgIpc) is 3.21. The summed E-state index contributed by atoms with van der Waals surface area (Å²) in [6.07, 6.45) is 1.12. The molecule has 0 radical (unpaired) electrons. The van der Waals surface area contributed by atoms with Crippen molar-refractivity contribution in [3.8, 4) is 0 Å². The maximum absolute atomic E-state index is 12.7. The highest BCUT2D eigenvalue weighted by Gasteiger charge is 2.17. The number of rotatable bonds is 6. The quantitative estimate of drug-likeness (QED) is 0.531. The lowest BCUT2D eigenvalue weighted by atomic mass is 10.3. The van der Waals surface area contributed by atoms with Gasteiger partial charge in [0, 0.05) is 18.5 Å². The van der Waals surface area contributed by atoms with Crippen LogP contribution < -0.4 is 4.80 Å². The number of ether oxygens (including phenoxy) is 1. The van der Waals surface area contributed by atoms with Crippen LogP contribution in [0.4, 0.5) is 0 Å². The first kappa shape index (κ1) is 21.9. The van der Waals surface area contributed by atoms with Gasteiger partial charge in [0.25, 0.3) is 5.91 Å². The largest absolute Gasteiger partial charge is 0.465 e. The highest BCUT2D eigenvalue weighted by atomic mass is 32.2. The second-order valence-corrected chi connectivity index (χ2v) is 9.61. The lowest BCUT2D eigenvalue weighted by Crippen LogP contribution is -2.23. The summed E-state index contributed by atoms with van der Waals surface area (Å²) in [4.78, 5) is 29.4. The third-order valence-corrected chi connectivity index (χ3v) is 6.52. The van der Waals surface area contributed by atoms with Crippen molar-refractivity contribution < 1.29 is 22.7 Å². The van der Waals surface area contributed by atoms with E-state index in [2.05, 4.69) is 10.1 Å². The van der Waals surface area contributed by atoms with E-state index < -0.39 is 21.7 Å². The molecule has 160 valence electrons. The van der Waals surface area contributed by atoms with Gasteiger partial charge in [-0.2, -0.15) is 10.1 Å². The van der Waals surface area contributed by atoms with Crippen LogP contribution in [0.15, 0.2) is 34.2 Å². The molecule has 0 atom stereocenters. The Morgan fingerprint density at radius 2 is 1.97 bits per heavy atom. The van der Waals surface area contributed by atoms with Crippen molar-refractivity contribution >= 4 is 43.3 Å². The summed E-state index contributed by atoms with van der Waals surface area (Å²) in [5.41, 5.74) is 1.62. The molecule has 1 amide bonds. The van der Waals surface area contributed by atoms with Crippen molar-refractivity contribution in [2.75, 3.05) is 12.9 Å². The minimum Gasteiger partial charge on any atom is -0.465 e. The lowest BCUT2D eigenvalue weighted by Gasteiger charge is -2.05. The number of hydrogen-bond acceptors (Lipinski definition) is 7. The first-order valence-corrected chi connectivity index (χ1v) is 12.0. The van der Waals surface area contributed by atoms with E-state index in [0.29, 0.717) is 16.8 Å². The van der Waals surface area contributed by atoms with Gasteiger partial charge in [0.2, 0.25) is 0 Å². The normalized spacial score (nSPS) is 12.5. The number of aryl methyl sites for hydroxylation is 2. The predicted molar refractivity (Wildman–Crippen MR) is 112 cm³/mol. The molecular formula is C19H22N4O5S2. The Morgan fingerprint density at radius 1 is 1.23 bits per heavy atom. The lowest BCUT2D eigenvalue weighted by molar-refractivity contribution is -0.143. The van der Waals surface area contributed by atoms with E-state index in [1.54, 1.807) is 28.3 Å². The van der Waals surface area contributed by atoms with E-state index in [1.165, 1.54) is 12.1 Å². The van der Waals surface area contributed by atoms with Crippen molar-refractivity contribution in [1.29, 1.82) is 0 Å². The Hall–Kier alpha value is -2.79. The number of nitrogens with zero attached hydrogens (tertiary/aromatic N) is 4.